The monoisotopic (exact) mass is 201 g/mol. The first-order chi connectivity index (χ1) is 7.24. The van der Waals surface area contributed by atoms with Crippen molar-refractivity contribution in [1.29, 1.82) is 0 Å². The molecule has 0 fully saturated rings. The van der Waals surface area contributed by atoms with Gasteiger partial charge < -0.3 is 10.0 Å². The second-order valence-corrected chi connectivity index (χ2v) is 3.80. The number of allylic oxidation sites excluding steroid dienone is 1. The van der Waals surface area contributed by atoms with Gasteiger partial charge in [-0.25, -0.2) is 0 Å². The summed E-state index contributed by atoms with van der Waals surface area (Å²) in [5.41, 5.74) is 3.28. The molecule has 2 rings (SSSR count). The Morgan fingerprint density at radius 1 is 1.27 bits per heavy atom. The third kappa shape index (κ3) is 1.63. The van der Waals surface area contributed by atoms with Gasteiger partial charge in [0, 0.05) is 17.0 Å². The predicted octanol–water partition coefficient (Wildman–Crippen LogP) is 3.24. The van der Waals surface area contributed by atoms with Crippen LogP contribution in [0.3, 0.4) is 0 Å². The highest BCUT2D eigenvalue weighted by Gasteiger charge is 2.24. The molecule has 0 amide bonds. The fraction of sp³-hybridized carbons (Fsp3) is 0.231. The highest BCUT2D eigenvalue weighted by atomic mass is 16.2. The van der Waals surface area contributed by atoms with Crippen LogP contribution in [0.15, 0.2) is 53.9 Å². The second kappa shape index (κ2) is 3.81. The van der Waals surface area contributed by atoms with Crippen molar-refractivity contribution in [3.63, 3.8) is 0 Å². The maximum absolute atomic E-state index is 9.09. The molecule has 0 bridgehead atoms. The molecule has 1 aliphatic heterocycles. The number of benzene rings is 1. The highest BCUT2D eigenvalue weighted by Crippen LogP contribution is 2.31. The first-order valence-corrected chi connectivity index (χ1v) is 5.11. The van der Waals surface area contributed by atoms with Crippen LogP contribution in [0.25, 0.3) is 0 Å². The second-order valence-electron chi connectivity index (χ2n) is 3.80. The van der Waals surface area contributed by atoms with E-state index in [4.69, 9.17) is 5.11 Å². The van der Waals surface area contributed by atoms with E-state index in [1.165, 1.54) is 6.26 Å². The number of hydrogen-bond donors (Lipinski definition) is 1. The predicted molar refractivity (Wildman–Crippen MR) is 62.9 cm³/mol. The lowest BCUT2D eigenvalue weighted by Crippen LogP contribution is -2.27. The molecule has 0 radical (unpaired) electrons. The van der Waals surface area contributed by atoms with Gasteiger partial charge in [-0.1, -0.05) is 18.2 Å². The van der Waals surface area contributed by atoms with E-state index in [9.17, 15) is 0 Å². The molecule has 1 aromatic carbocycles. The van der Waals surface area contributed by atoms with Crippen LogP contribution < -0.4 is 4.90 Å². The van der Waals surface area contributed by atoms with E-state index in [2.05, 4.69) is 30.9 Å². The van der Waals surface area contributed by atoms with Gasteiger partial charge in [0.2, 0.25) is 0 Å². The lowest BCUT2D eigenvalue weighted by atomic mass is 10.1. The lowest BCUT2D eigenvalue weighted by Gasteiger charge is -2.26. The van der Waals surface area contributed by atoms with Crippen molar-refractivity contribution in [3.8, 4) is 0 Å². The number of anilines is 1. The summed E-state index contributed by atoms with van der Waals surface area (Å²) in [7, 11) is 0. The third-order valence-corrected chi connectivity index (χ3v) is 2.81. The molecule has 0 aromatic heterocycles. The molecule has 0 aliphatic carbocycles. The fourth-order valence-corrected chi connectivity index (χ4v) is 2.05. The van der Waals surface area contributed by atoms with Crippen LogP contribution in [0.1, 0.15) is 13.8 Å². The van der Waals surface area contributed by atoms with Gasteiger partial charge in [-0.3, -0.25) is 0 Å². The molecular formula is C13H15NO. The van der Waals surface area contributed by atoms with E-state index in [1.807, 2.05) is 24.3 Å². The number of rotatable bonds is 1. The standard InChI is InChI=1S/C13H15NO/c1-10-8-12(9-15)11(2)14(10)13-6-4-3-5-7-13/h3-9,11,15H,1-2H3. The molecule has 1 heterocycles. The van der Waals surface area contributed by atoms with Crippen molar-refractivity contribution < 1.29 is 5.11 Å². The van der Waals surface area contributed by atoms with E-state index < -0.39 is 0 Å². The summed E-state index contributed by atoms with van der Waals surface area (Å²) in [6.07, 6.45) is 3.20. The van der Waals surface area contributed by atoms with Crippen molar-refractivity contribution in [2.45, 2.75) is 19.9 Å². The zero-order valence-electron chi connectivity index (χ0n) is 9.01. The Morgan fingerprint density at radius 2 is 1.93 bits per heavy atom. The minimum absolute atomic E-state index is 0.206. The van der Waals surface area contributed by atoms with E-state index in [-0.39, 0.29) is 6.04 Å². The van der Waals surface area contributed by atoms with Crippen LogP contribution in [0.2, 0.25) is 0 Å². The Bertz CT molecular complexity index is 406. The van der Waals surface area contributed by atoms with Crippen LogP contribution in [0.5, 0.6) is 0 Å². The minimum atomic E-state index is 0.206. The molecular weight excluding hydrogens is 186 g/mol. The van der Waals surface area contributed by atoms with Gasteiger partial charge >= 0.3 is 0 Å². The lowest BCUT2D eigenvalue weighted by molar-refractivity contribution is 0.465. The summed E-state index contributed by atoms with van der Waals surface area (Å²) >= 11 is 0. The van der Waals surface area contributed by atoms with Crippen LogP contribution >= 0.6 is 0 Å². The van der Waals surface area contributed by atoms with Crippen molar-refractivity contribution in [2.24, 2.45) is 0 Å². The molecule has 0 spiro atoms. The van der Waals surface area contributed by atoms with Crippen molar-refractivity contribution in [3.05, 3.63) is 53.9 Å². The Hall–Kier alpha value is -1.70. The zero-order valence-corrected chi connectivity index (χ0v) is 9.01. The summed E-state index contributed by atoms with van der Waals surface area (Å²) < 4.78 is 0. The molecule has 0 saturated heterocycles. The number of hydrogen-bond acceptors (Lipinski definition) is 2. The zero-order chi connectivity index (χ0) is 10.8. The van der Waals surface area contributed by atoms with E-state index in [0.29, 0.717) is 0 Å². The summed E-state index contributed by atoms with van der Waals surface area (Å²) in [5, 5.41) is 9.09. The van der Waals surface area contributed by atoms with Gasteiger partial charge in [0.15, 0.2) is 0 Å². The Morgan fingerprint density at radius 3 is 2.47 bits per heavy atom. The van der Waals surface area contributed by atoms with Gasteiger partial charge in [-0.2, -0.15) is 0 Å². The van der Waals surface area contributed by atoms with Crippen molar-refractivity contribution in [1.82, 2.24) is 0 Å². The molecule has 0 saturated carbocycles. The first-order valence-electron chi connectivity index (χ1n) is 5.11. The number of aliphatic hydroxyl groups excluding tert-OH is 1. The van der Waals surface area contributed by atoms with Crippen LogP contribution in [0.4, 0.5) is 5.69 Å². The van der Waals surface area contributed by atoms with Gasteiger partial charge in [-0.05, 0) is 32.1 Å². The molecule has 1 N–H and O–H groups in total. The van der Waals surface area contributed by atoms with E-state index >= 15 is 0 Å². The Balaban J connectivity index is 2.37. The largest absolute Gasteiger partial charge is 0.515 e. The number of nitrogens with zero attached hydrogens (tertiary/aromatic N) is 1. The smallest absolute Gasteiger partial charge is 0.0845 e. The number of aliphatic hydroxyl groups is 1. The molecule has 2 nitrogen and oxygen atoms in total. The van der Waals surface area contributed by atoms with Crippen molar-refractivity contribution in [2.75, 3.05) is 4.90 Å². The van der Waals surface area contributed by atoms with Gasteiger partial charge in [-0.15, -0.1) is 0 Å². The van der Waals surface area contributed by atoms with E-state index in [0.717, 1.165) is 17.0 Å². The molecule has 1 atom stereocenters. The van der Waals surface area contributed by atoms with E-state index in [1.54, 1.807) is 0 Å². The quantitative estimate of drug-likeness (QED) is 0.705. The Kier molecular flexibility index (Phi) is 2.50. The van der Waals surface area contributed by atoms with Crippen molar-refractivity contribution >= 4 is 5.69 Å². The van der Waals surface area contributed by atoms with Gasteiger partial charge in [0.05, 0.1) is 12.3 Å². The maximum atomic E-state index is 9.09. The average Bonchev–Trinajstić information content (AvgIpc) is 2.55. The summed E-state index contributed by atoms with van der Waals surface area (Å²) in [6, 6.07) is 10.4. The van der Waals surface area contributed by atoms with Crippen LogP contribution in [0, 0.1) is 0 Å². The Labute approximate surface area is 90.2 Å². The summed E-state index contributed by atoms with van der Waals surface area (Å²) in [6.45, 7) is 4.14. The topological polar surface area (TPSA) is 23.5 Å². The number of para-hydroxylation sites is 1. The molecule has 1 unspecified atom stereocenters. The minimum Gasteiger partial charge on any atom is -0.515 e. The molecule has 15 heavy (non-hydrogen) atoms. The molecule has 1 aromatic rings. The first kappa shape index (κ1) is 9.84. The average molecular weight is 201 g/mol. The summed E-state index contributed by atoms with van der Waals surface area (Å²) in [4.78, 5) is 2.21. The van der Waals surface area contributed by atoms with Gasteiger partial charge in [0.25, 0.3) is 0 Å². The van der Waals surface area contributed by atoms with Gasteiger partial charge in [0.1, 0.15) is 0 Å². The maximum Gasteiger partial charge on any atom is 0.0845 e. The molecule has 1 aliphatic rings. The normalized spacial score (nSPS) is 23.3. The van der Waals surface area contributed by atoms with Crippen LogP contribution in [-0.4, -0.2) is 11.1 Å². The SMILES string of the molecule is CC1=CC(=CO)C(C)N1c1ccccc1. The van der Waals surface area contributed by atoms with Crippen LogP contribution in [-0.2, 0) is 0 Å². The molecule has 2 heteroatoms. The third-order valence-electron chi connectivity index (χ3n) is 2.81. The molecule has 78 valence electrons. The highest BCUT2D eigenvalue weighted by molar-refractivity contribution is 5.60. The summed E-state index contributed by atoms with van der Waals surface area (Å²) in [5.74, 6) is 0. The fourth-order valence-electron chi connectivity index (χ4n) is 2.05.